The standard InChI is InChI=1S/C13H24N4O4S2/c1-11-13(12(2)16-15-11)23(20,21)14-7-10-22(18,19)17-8-5-3-4-6-9-17/h14H,3-10H2,1-2H3,(H,15,16). The summed E-state index contributed by atoms with van der Waals surface area (Å²) in [6, 6.07) is 0. The third-order valence-electron chi connectivity index (χ3n) is 3.94. The van der Waals surface area contributed by atoms with E-state index in [2.05, 4.69) is 14.9 Å². The predicted molar refractivity (Wildman–Crippen MR) is 87.1 cm³/mol. The van der Waals surface area contributed by atoms with Crippen LogP contribution in [0, 0.1) is 13.8 Å². The van der Waals surface area contributed by atoms with Crippen molar-refractivity contribution in [2.45, 2.75) is 44.4 Å². The highest BCUT2D eigenvalue weighted by atomic mass is 32.2. The maximum atomic E-state index is 12.3. The number of nitrogens with zero attached hydrogens (tertiary/aromatic N) is 2. The third kappa shape index (κ3) is 4.52. The molecule has 0 radical (unpaired) electrons. The van der Waals surface area contributed by atoms with E-state index >= 15 is 0 Å². The van der Waals surface area contributed by atoms with Crippen molar-refractivity contribution >= 4 is 20.0 Å². The molecule has 0 aliphatic carbocycles. The van der Waals surface area contributed by atoms with Crippen LogP contribution in [0.5, 0.6) is 0 Å². The first kappa shape index (κ1) is 18.4. The fourth-order valence-corrected chi connectivity index (χ4v) is 5.72. The summed E-state index contributed by atoms with van der Waals surface area (Å²) in [5, 5.41) is 6.47. The molecular formula is C13H24N4O4S2. The molecule has 1 fully saturated rings. The Balaban J connectivity index is 1.98. The van der Waals surface area contributed by atoms with E-state index in [-0.39, 0.29) is 17.2 Å². The van der Waals surface area contributed by atoms with Gasteiger partial charge in [0.05, 0.1) is 17.1 Å². The number of rotatable bonds is 6. The van der Waals surface area contributed by atoms with E-state index in [9.17, 15) is 16.8 Å². The van der Waals surface area contributed by atoms with Crippen LogP contribution in [0.4, 0.5) is 0 Å². The smallest absolute Gasteiger partial charge is 0.244 e. The molecule has 2 N–H and O–H groups in total. The molecule has 2 rings (SSSR count). The average molecular weight is 364 g/mol. The van der Waals surface area contributed by atoms with Gasteiger partial charge in [-0.15, -0.1) is 0 Å². The zero-order valence-corrected chi connectivity index (χ0v) is 15.1. The normalized spacial score (nSPS) is 18.0. The van der Waals surface area contributed by atoms with Gasteiger partial charge in [-0.3, -0.25) is 5.10 Å². The van der Waals surface area contributed by atoms with E-state index in [0.29, 0.717) is 24.5 Å². The highest BCUT2D eigenvalue weighted by molar-refractivity contribution is 7.90. The van der Waals surface area contributed by atoms with Crippen LogP contribution in [0.1, 0.15) is 37.1 Å². The van der Waals surface area contributed by atoms with Crippen molar-refractivity contribution in [2.75, 3.05) is 25.4 Å². The molecule has 0 aromatic carbocycles. The van der Waals surface area contributed by atoms with Crippen LogP contribution in [-0.2, 0) is 20.0 Å². The molecule has 1 aliphatic rings. The number of aromatic amines is 1. The lowest BCUT2D eigenvalue weighted by molar-refractivity contribution is 0.423. The number of nitrogens with one attached hydrogen (secondary N) is 2. The first-order chi connectivity index (χ1) is 10.7. The molecule has 0 amide bonds. The van der Waals surface area contributed by atoms with Crippen molar-refractivity contribution in [3.63, 3.8) is 0 Å². The van der Waals surface area contributed by atoms with Crippen LogP contribution < -0.4 is 4.72 Å². The summed E-state index contributed by atoms with van der Waals surface area (Å²) >= 11 is 0. The lowest BCUT2D eigenvalue weighted by Gasteiger charge is -2.19. The zero-order valence-electron chi connectivity index (χ0n) is 13.5. The van der Waals surface area contributed by atoms with E-state index in [4.69, 9.17) is 0 Å². The van der Waals surface area contributed by atoms with Gasteiger partial charge in [0.15, 0.2) is 0 Å². The first-order valence-corrected chi connectivity index (χ1v) is 10.8. The Morgan fingerprint density at radius 1 is 1.09 bits per heavy atom. The van der Waals surface area contributed by atoms with Crippen LogP contribution in [0.25, 0.3) is 0 Å². The molecule has 23 heavy (non-hydrogen) atoms. The second kappa shape index (κ2) is 7.29. The zero-order chi connectivity index (χ0) is 17.1. The van der Waals surface area contributed by atoms with E-state index in [1.54, 1.807) is 13.8 Å². The van der Waals surface area contributed by atoms with Crippen LogP contribution in [-0.4, -0.2) is 56.7 Å². The van der Waals surface area contributed by atoms with Gasteiger partial charge in [-0.05, 0) is 26.7 Å². The maximum absolute atomic E-state index is 12.3. The summed E-state index contributed by atoms with van der Waals surface area (Å²) in [6.07, 6.45) is 3.80. The monoisotopic (exact) mass is 364 g/mol. The van der Waals surface area contributed by atoms with Gasteiger partial charge in [-0.25, -0.2) is 25.9 Å². The summed E-state index contributed by atoms with van der Waals surface area (Å²) in [6.45, 7) is 4.10. The van der Waals surface area contributed by atoms with Gasteiger partial charge in [0, 0.05) is 19.6 Å². The van der Waals surface area contributed by atoms with Crippen molar-refractivity contribution < 1.29 is 16.8 Å². The summed E-state index contributed by atoms with van der Waals surface area (Å²) in [5.74, 6) is -0.234. The minimum atomic E-state index is -3.77. The van der Waals surface area contributed by atoms with Crippen molar-refractivity contribution in [1.82, 2.24) is 19.2 Å². The van der Waals surface area contributed by atoms with Gasteiger partial charge < -0.3 is 0 Å². The molecule has 0 unspecified atom stereocenters. The lowest BCUT2D eigenvalue weighted by Crippen LogP contribution is -2.38. The Hall–Kier alpha value is -0.970. The number of sulfonamides is 2. The lowest BCUT2D eigenvalue weighted by atomic mass is 10.2. The van der Waals surface area contributed by atoms with E-state index in [1.807, 2.05) is 0 Å². The highest BCUT2D eigenvalue weighted by Gasteiger charge is 2.25. The summed E-state index contributed by atoms with van der Waals surface area (Å²) < 4.78 is 53.0. The largest absolute Gasteiger partial charge is 0.281 e. The summed E-state index contributed by atoms with van der Waals surface area (Å²) in [7, 11) is -7.20. The quantitative estimate of drug-likeness (QED) is 0.764. The summed E-state index contributed by atoms with van der Waals surface area (Å²) in [4.78, 5) is 0.0877. The van der Waals surface area contributed by atoms with Crippen LogP contribution in [0.3, 0.4) is 0 Å². The van der Waals surface area contributed by atoms with Gasteiger partial charge in [-0.2, -0.15) is 5.10 Å². The molecule has 8 nitrogen and oxygen atoms in total. The Morgan fingerprint density at radius 3 is 2.22 bits per heavy atom. The number of aryl methyl sites for hydroxylation is 2. The SMILES string of the molecule is Cc1n[nH]c(C)c1S(=O)(=O)NCCS(=O)(=O)N1CCCCCC1. The van der Waals surface area contributed by atoms with Gasteiger partial charge >= 0.3 is 0 Å². The van der Waals surface area contributed by atoms with E-state index < -0.39 is 20.0 Å². The van der Waals surface area contributed by atoms with Crippen molar-refractivity contribution in [3.05, 3.63) is 11.4 Å². The Bertz CT molecular complexity index is 713. The second-order valence-corrected chi connectivity index (χ2v) is 9.58. The van der Waals surface area contributed by atoms with Crippen LogP contribution in [0.2, 0.25) is 0 Å². The van der Waals surface area contributed by atoms with Crippen molar-refractivity contribution in [2.24, 2.45) is 0 Å². The molecule has 0 bridgehead atoms. The molecule has 0 spiro atoms. The number of aromatic nitrogens is 2. The van der Waals surface area contributed by atoms with E-state index in [1.165, 1.54) is 4.31 Å². The van der Waals surface area contributed by atoms with Crippen LogP contribution in [0.15, 0.2) is 4.90 Å². The molecule has 0 saturated carbocycles. The molecule has 1 saturated heterocycles. The topological polar surface area (TPSA) is 112 Å². The Morgan fingerprint density at radius 2 is 1.70 bits per heavy atom. The molecule has 1 aromatic rings. The fourth-order valence-electron chi connectivity index (χ4n) is 2.76. The maximum Gasteiger partial charge on any atom is 0.244 e. The Labute approximate surface area is 137 Å². The number of hydrogen-bond donors (Lipinski definition) is 2. The Kier molecular flexibility index (Phi) is 5.82. The molecule has 10 heteroatoms. The van der Waals surface area contributed by atoms with E-state index in [0.717, 1.165) is 25.7 Å². The predicted octanol–water partition coefficient (Wildman–Crippen LogP) is 0.511. The molecule has 1 aromatic heterocycles. The fraction of sp³-hybridized carbons (Fsp3) is 0.769. The molecule has 132 valence electrons. The minimum Gasteiger partial charge on any atom is -0.281 e. The van der Waals surface area contributed by atoms with Gasteiger partial charge in [0.1, 0.15) is 4.90 Å². The minimum absolute atomic E-state index is 0.0877. The van der Waals surface area contributed by atoms with Gasteiger partial charge in [0.25, 0.3) is 0 Å². The van der Waals surface area contributed by atoms with Crippen molar-refractivity contribution in [1.29, 1.82) is 0 Å². The molecular weight excluding hydrogens is 340 g/mol. The second-order valence-electron chi connectivity index (χ2n) is 5.79. The summed E-state index contributed by atoms with van der Waals surface area (Å²) in [5.41, 5.74) is 0.802. The van der Waals surface area contributed by atoms with Gasteiger partial charge in [0.2, 0.25) is 20.0 Å². The first-order valence-electron chi connectivity index (χ1n) is 7.73. The van der Waals surface area contributed by atoms with Crippen LogP contribution >= 0.6 is 0 Å². The highest BCUT2D eigenvalue weighted by Crippen LogP contribution is 2.16. The number of hydrogen-bond acceptors (Lipinski definition) is 5. The third-order valence-corrected chi connectivity index (χ3v) is 7.53. The average Bonchev–Trinajstić information content (AvgIpc) is 2.68. The molecule has 1 aliphatic heterocycles. The molecule has 0 atom stereocenters. The number of H-pyrrole nitrogens is 1. The van der Waals surface area contributed by atoms with Crippen molar-refractivity contribution in [3.8, 4) is 0 Å². The van der Waals surface area contributed by atoms with Gasteiger partial charge in [-0.1, -0.05) is 12.8 Å². The molecule has 2 heterocycles.